The average Bonchev–Trinajstić information content (AvgIpc) is 3.31. The third kappa shape index (κ3) is 47.0. The van der Waals surface area contributed by atoms with Gasteiger partial charge in [-0.1, -0.05) is 246 Å². The van der Waals surface area contributed by atoms with E-state index in [1.54, 1.807) is 0 Å². The smallest absolute Gasteiger partial charge is 0.306 e. The largest absolute Gasteiger partial charge is 0.462 e. The summed E-state index contributed by atoms with van der Waals surface area (Å²) in [4.78, 5) is 26.2. The van der Waals surface area contributed by atoms with Crippen LogP contribution in [0.25, 0.3) is 0 Å². The van der Waals surface area contributed by atoms with Gasteiger partial charge in [0.05, 0.1) is 25.2 Å². The molecule has 0 aromatic heterocycles. The zero-order valence-electron chi connectivity index (χ0n) is 42.8. The first-order valence-electron chi connectivity index (χ1n) is 27.2. The highest BCUT2D eigenvalue weighted by Crippen LogP contribution is 2.17. The van der Waals surface area contributed by atoms with Crippen molar-refractivity contribution in [2.75, 3.05) is 6.61 Å². The summed E-state index contributed by atoms with van der Waals surface area (Å²) in [5.41, 5.74) is 0. The highest BCUT2D eigenvalue weighted by atomic mass is 16.5. The first-order valence-corrected chi connectivity index (χ1v) is 27.2. The molecule has 3 unspecified atom stereocenters. The fourth-order valence-corrected chi connectivity index (χ4v) is 7.65. The van der Waals surface area contributed by atoms with E-state index in [0.29, 0.717) is 25.7 Å². The molecule has 0 aromatic rings. The van der Waals surface area contributed by atoms with Crippen molar-refractivity contribution in [1.29, 1.82) is 0 Å². The monoisotopic (exact) mass is 916 g/mol. The summed E-state index contributed by atoms with van der Waals surface area (Å²) in [5, 5.41) is 23.8. The molecule has 0 spiro atoms. The van der Waals surface area contributed by atoms with Crippen molar-refractivity contribution < 1.29 is 24.5 Å². The number of aliphatic hydroxyl groups is 2. The summed E-state index contributed by atoms with van der Waals surface area (Å²) < 4.78 is 5.89. The summed E-state index contributed by atoms with van der Waals surface area (Å²) >= 11 is 0. The van der Waals surface area contributed by atoms with Crippen LogP contribution in [0, 0.1) is 0 Å². The molecule has 376 valence electrons. The van der Waals surface area contributed by atoms with E-state index in [1.165, 1.54) is 89.9 Å². The predicted molar refractivity (Wildman–Crippen MR) is 287 cm³/mol. The number of aliphatic hydroxyl groups excluding tert-OH is 2. The second-order valence-corrected chi connectivity index (χ2v) is 18.0. The lowest BCUT2D eigenvalue weighted by Crippen LogP contribution is -2.46. The Morgan fingerprint density at radius 1 is 0.470 bits per heavy atom. The molecule has 0 aliphatic heterocycles. The molecule has 0 rings (SSSR count). The van der Waals surface area contributed by atoms with E-state index in [4.69, 9.17) is 4.74 Å². The van der Waals surface area contributed by atoms with Gasteiger partial charge in [0.25, 0.3) is 0 Å². The van der Waals surface area contributed by atoms with Crippen LogP contribution >= 0.6 is 0 Å². The fourth-order valence-electron chi connectivity index (χ4n) is 7.65. The van der Waals surface area contributed by atoms with Crippen molar-refractivity contribution in [1.82, 2.24) is 5.32 Å². The van der Waals surface area contributed by atoms with Gasteiger partial charge < -0.3 is 20.3 Å². The number of amides is 1. The zero-order valence-corrected chi connectivity index (χ0v) is 42.8. The van der Waals surface area contributed by atoms with Crippen molar-refractivity contribution in [2.45, 2.75) is 251 Å². The van der Waals surface area contributed by atoms with Crippen LogP contribution in [0.2, 0.25) is 0 Å². The number of carbonyl (C=O) groups excluding carboxylic acids is 2. The molecule has 0 aliphatic rings. The van der Waals surface area contributed by atoms with Gasteiger partial charge >= 0.3 is 5.97 Å². The Bertz CT molecular complexity index is 1350. The molecule has 1 amide bonds. The lowest BCUT2D eigenvalue weighted by molar-refractivity contribution is -0.151. The van der Waals surface area contributed by atoms with Gasteiger partial charge in [-0.05, 0) is 83.5 Å². The Morgan fingerprint density at radius 2 is 0.894 bits per heavy atom. The third-order valence-electron chi connectivity index (χ3n) is 11.7. The molecule has 0 saturated heterocycles. The van der Waals surface area contributed by atoms with E-state index >= 15 is 0 Å². The Hall–Kier alpha value is -3.48. The summed E-state index contributed by atoms with van der Waals surface area (Å²) in [5.74, 6) is -0.590. The van der Waals surface area contributed by atoms with E-state index in [0.717, 1.165) is 89.9 Å². The number of allylic oxidation sites excluding steroid dienone is 18. The van der Waals surface area contributed by atoms with Crippen LogP contribution in [0.4, 0.5) is 0 Å². The first-order chi connectivity index (χ1) is 32.5. The third-order valence-corrected chi connectivity index (χ3v) is 11.7. The van der Waals surface area contributed by atoms with Crippen molar-refractivity contribution in [3.05, 3.63) is 109 Å². The number of esters is 1. The normalized spacial score (nSPS) is 14.1. The summed E-state index contributed by atoms with van der Waals surface area (Å²) in [6.45, 7) is 6.21. The van der Waals surface area contributed by atoms with Crippen molar-refractivity contribution in [2.24, 2.45) is 0 Å². The van der Waals surface area contributed by atoms with Crippen LogP contribution in [0.15, 0.2) is 109 Å². The topological polar surface area (TPSA) is 95.9 Å². The standard InChI is InChI=1S/C60H101NO5/c1-4-7-10-13-16-19-22-25-27-29-31-34-37-40-43-46-49-52-58(63)57(55-62)61-59(64)54-56(51-48-45-42-39-36-33-24-21-18-15-12-9-6-3)66-60(65)53-50-47-44-41-38-35-32-30-28-26-23-20-17-14-11-8-5-2/h8-9,11-12,15,17-18,20-21,24,26,28,32-33,35-36,41,44,56-58,62-63H,4-7,10,13-14,16,19,22-23,25,27,29-31,34,37-40,42-43,45-55H2,1-3H3,(H,61,64)/b11-8-,12-9+,18-15+,20-17-,24-21+,28-26-,35-32-,36-33-,44-41-. The number of carbonyl (C=O) groups is 2. The molecule has 0 saturated carbocycles. The zero-order chi connectivity index (χ0) is 48.1. The van der Waals surface area contributed by atoms with Crippen molar-refractivity contribution in [3.8, 4) is 0 Å². The van der Waals surface area contributed by atoms with E-state index in [1.807, 2.05) is 30.4 Å². The Morgan fingerprint density at radius 3 is 1.41 bits per heavy atom. The number of rotatable bonds is 47. The average molecular weight is 916 g/mol. The Balaban J connectivity index is 4.67. The minimum absolute atomic E-state index is 0.0223. The van der Waals surface area contributed by atoms with Crippen molar-refractivity contribution >= 4 is 11.9 Å². The van der Waals surface area contributed by atoms with Crippen LogP contribution in [-0.4, -0.2) is 46.9 Å². The highest BCUT2D eigenvalue weighted by molar-refractivity contribution is 5.77. The molecule has 66 heavy (non-hydrogen) atoms. The van der Waals surface area contributed by atoms with Crippen LogP contribution in [0.5, 0.6) is 0 Å². The maximum absolute atomic E-state index is 13.2. The van der Waals surface area contributed by atoms with E-state index in [2.05, 4.69) is 105 Å². The maximum atomic E-state index is 13.2. The molecular weight excluding hydrogens is 815 g/mol. The van der Waals surface area contributed by atoms with Crippen LogP contribution in [-0.2, 0) is 14.3 Å². The quantitative estimate of drug-likeness (QED) is 0.0245. The second kappa shape index (κ2) is 52.5. The summed E-state index contributed by atoms with van der Waals surface area (Å²) in [6.07, 6.45) is 71.6. The summed E-state index contributed by atoms with van der Waals surface area (Å²) in [6, 6.07) is -0.734. The number of hydrogen-bond donors (Lipinski definition) is 3. The molecular formula is C60H101NO5. The van der Waals surface area contributed by atoms with Crippen LogP contribution in [0.3, 0.4) is 0 Å². The van der Waals surface area contributed by atoms with E-state index < -0.39 is 18.2 Å². The van der Waals surface area contributed by atoms with Gasteiger partial charge in [-0.15, -0.1) is 0 Å². The molecule has 0 aliphatic carbocycles. The van der Waals surface area contributed by atoms with Gasteiger partial charge in [-0.3, -0.25) is 9.59 Å². The Kier molecular flexibility index (Phi) is 49.7. The molecule has 0 fully saturated rings. The van der Waals surface area contributed by atoms with Gasteiger partial charge in [0, 0.05) is 6.42 Å². The lowest BCUT2D eigenvalue weighted by Gasteiger charge is -2.24. The van der Waals surface area contributed by atoms with Gasteiger partial charge in [0.2, 0.25) is 5.91 Å². The molecule has 0 aromatic carbocycles. The van der Waals surface area contributed by atoms with Gasteiger partial charge in [-0.25, -0.2) is 0 Å². The molecule has 3 N–H and O–H groups in total. The van der Waals surface area contributed by atoms with E-state index in [-0.39, 0.29) is 24.9 Å². The SMILES string of the molecule is CC/C=C\C/C=C\C/C=C\C/C=C\C/C=C\CCCC(=O)OC(CCCCC\C=C/C=C/C=C/C=C/CC)CC(=O)NC(CO)C(O)CCCCCCCCCCCCCCCCCCC. The van der Waals surface area contributed by atoms with Crippen LogP contribution in [0.1, 0.15) is 233 Å². The molecule has 0 heterocycles. The fraction of sp³-hybridized carbons (Fsp3) is 0.667. The second-order valence-electron chi connectivity index (χ2n) is 18.0. The minimum Gasteiger partial charge on any atom is -0.462 e. The maximum Gasteiger partial charge on any atom is 0.306 e. The van der Waals surface area contributed by atoms with Crippen molar-refractivity contribution in [3.63, 3.8) is 0 Å². The van der Waals surface area contributed by atoms with Gasteiger partial charge in [-0.2, -0.15) is 0 Å². The highest BCUT2D eigenvalue weighted by Gasteiger charge is 2.24. The predicted octanol–water partition coefficient (Wildman–Crippen LogP) is 16.7. The summed E-state index contributed by atoms with van der Waals surface area (Å²) in [7, 11) is 0. The minimum atomic E-state index is -0.816. The molecule has 3 atom stereocenters. The number of unbranched alkanes of at least 4 members (excludes halogenated alkanes) is 20. The first kappa shape index (κ1) is 62.5. The molecule has 0 bridgehead atoms. The van der Waals surface area contributed by atoms with Crippen LogP contribution < -0.4 is 5.32 Å². The number of ether oxygens (including phenoxy) is 1. The molecule has 6 nitrogen and oxygen atoms in total. The van der Waals surface area contributed by atoms with Gasteiger partial charge in [0.15, 0.2) is 0 Å². The van der Waals surface area contributed by atoms with Gasteiger partial charge in [0.1, 0.15) is 6.10 Å². The number of hydrogen-bond acceptors (Lipinski definition) is 5. The number of nitrogens with one attached hydrogen (secondary N) is 1. The Labute approximate surface area is 407 Å². The lowest BCUT2D eigenvalue weighted by atomic mass is 10.0. The molecule has 0 radical (unpaired) electrons. The van der Waals surface area contributed by atoms with E-state index in [9.17, 15) is 19.8 Å². The molecule has 6 heteroatoms.